The molecule has 0 unspecified atom stereocenters. The molecule has 0 bridgehead atoms. The summed E-state index contributed by atoms with van der Waals surface area (Å²) in [6, 6.07) is 8.15. The summed E-state index contributed by atoms with van der Waals surface area (Å²) in [6.07, 6.45) is 10.2. The zero-order valence-electron chi connectivity index (χ0n) is 18.5. The Kier molecular flexibility index (Phi) is 4.41. The summed E-state index contributed by atoms with van der Waals surface area (Å²) in [5.41, 5.74) is 3.95. The summed E-state index contributed by atoms with van der Waals surface area (Å²) in [5.74, 6) is 2.39. The number of hydrogen-bond donors (Lipinski definition) is 1. The van der Waals surface area contributed by atoms with E-state index in [0.717, 1.165) is 72.6 Å². The van der Waals surface area contributed by atoms with Gasteiger partial charge in [-0.25, -0.2) is 9.97 Å². The quantitative estimate of drug-likeness (QED) is 0.515. The number of H-pyrrole nitrogens is 1. The number of benzene rings is 1. The van der Waals surface area contributed by atoms with E-state index in [9.17, 15) is 0 Å². The second-order valence-corrected chi connectivity index (χ2v) is 9.30. The normalized spacial score (nSPS) is 18.2. The molecule has 0 radical (unpaired) electrons. The SMILES string of the molecule is Cn1cc(C2CCN(c3cc(-c4n[nH]c5ccc(OC6(C)CC6)cc45)ncn3)CC2)cn1. The van der Waals surface area contributed by atoms with E-state index < -0.39 is 0 Å². The van der Waals surface area contributed by atoms with Crippen LogP contribution in [-0.4, -0.2) is 48.6 Å². The topological polar surface area (TPSA) is 84.8 Å². The first kappa shape index (κ1) is 19.3. The van der Waals surface area contributed by atoms with E-state index in [4.69, 9.17) is 4.74 Å². The van der Waals surface area contributed by atoms with Crippen LogP contribution in [0.4, 0.5) is 5.82 Å². The maximum atomic E-state index is 6.16. The molecule has 1 aliphatic heterocycles. The second-order valence-electron chi connectivity index (χ2n) is 9.30. The third kappa shape index (κ3) is 3.59. The van der Waals surface area contributed by atoms with E-state index >= 15 is 0 Å². The Bertz CT molecular complexity index is 1260. The van der Waals surface area contributed by atoms with Gasteiger partial charge in [-0.2, -0.15) is 10.2 Å². The van der Waals surface area contributed by atoms with Crippen LogP contribution in [0.1, 0.15) is 44.1 Å². The van der Waals surface area contributed by atoms with E-state index in [1.165, 1.54) is 5.56 Å². The van der Waals surface area contributed by atoms with Gasteiger partial charge >= 0.3 is 0 Å². The Morgan fingerprint density at radius 3 is 2.72 bits per heavy atom. The molecule has 4 aromatic rings. The fourth-order valence-corrected chi connectivity index (χ4v) is 4.56. The largest absolute Gasteiger partial charge is 0.488 e. The van der Waals surface area contributed by atoms with Gasteiger partial charge in [0.1, 0.15) is 29.2 Å². The zero-order valence-corrected chi connectivity index (χ0v) is 18.5. The van der Waals surface area contributed by atoms with E-state index in [1.807, 2.05) is 30.1 Å². The molecule has 1 saturated heterocycles. The van der Waals surface area contributed by atoms with Crippen molar-refractivity contribution in [2.24, 2.45) is 7.05 Å². The fourth-order valence-electron chi connectivity index (χ4n) is 4.56. The van der Waals surface area contributed by atoms with Gasteiger partial charge in [-0.15, -0.1) is 0 Å². The molecule has 2 aliphatic rings. The highest BCUT2D eigenvalue weighted by Gasteiger charge is 2.40. The van der Waals surface area contributed by atoms with Crippen LogP contribution in [0, 0.1) is 0 Å². The summed E-state index contributed by atoms with van der Waals surface area (Å²) >= 11 is 0. The first-order valence-corrected chi connectivity index (χ1v) is 11.3. The molecule has 1 N–H and O–H groups in total. The molecule has 32 heavy (non-hydrogen) atoms. The number of rotatable bonds is 5. The summed E-state index contributed by atoms with van der Waals surface area (Å²) in [6.45, 7) is 4.09. The van der Waals surface area contributed by atoms with Crippen molar-refractivity contribution in [3.8, 4) is 17.1 Å². The van der Waals surface area contributed by atoms with Crippen molar-refractivity contribution in [1.82, 2.24) is 29.9 Å². The average molecular weight is 430 g/mol. The van der Waals surface area contributed by atoms with E-state index in [1.54, 1.807) is 6.33 Å². The fraction of sp³-hybridized carbons (Fsp3) is 0.417. The molecule has 0 amide bonds. The maximum Gasteiger partial charge on any atom is 0.132 e. The molecule has 3 aromatic heterocycles. The number of nitrogens with one attached hydrogen (secondary N) is 1. The highest BCUT2D eigenvalue weighted by molar-refractivity contribution is 5.93. The van der Waals surface area contributed by atoms with Gasteiger partial charge in [0, 0.05) is 37.8 Å². The van der Waals surface area contributed by atoms with Gasteiger partial charge in [0.2, 0.25) is 0 Å². The van der Waals surface area contributed by atoms with Gasteiger partial charge < -0.3 is 9.64 Å². The molecule has 1 aliphatic carbocycles. The third-order valence-corrected chi connectivity index (χ3v) is 6.76. The van der Waals surface area contributed by atoms with E-state index in [0.29, 0.717) is 5.92 Å². The number of aromatic nitrogens is 6. The van der Waals surface area contributed by atoms with Crippen molar-refractivity contribution in [1.29, 1.82) is 0 Å². The van der Waals surface area contributed by atoms with Crippen molar-refractivity contribution in [3.63, 3.8) is 0 Å². The van der Waals surface area contributed by atoms with Crippen LogP contribution in [0.3, 0.4) is 0 Å². The molecule has 6 rings (SSSR count). The van der Waals surface area contributed by atoms with Crippen LogP contribution >= 0.6 is 0 Å². The number of aryl methyl sites for hydroxylation is 1. The molecule has 164 valence electrons. The van der Waals surface area contributed by atoms with Gasteiger partial charge in [-0.05, 0) is 62.3 Å². The number of hydrogen-bond acceptors (Lipinski definition) is 6. The zero-order chi connectivity index (χ0) is 21.7. The van der Waals surface area contributed by atoms with Crippen molar-refractivity contribution in [2.45, 2.75) is 44.1 Å². The number of piperidine rings is 1. The van der Waals surface area contributed by atoms with Gasteiger partial charge in [0.05, 0.1) is 17.4 Å². The minimum Gasteiger partial charge on any atom is -0.488 e. The number of anilines is 1. The van der Waals surface area contributed by atoms with Crippen molar-refractivity contribution < 1.29 is 4.74 Å². The average Bonchev–Trinajstić information content (AvgIpc) is 3.19. The molecule has 1 aromatic carbocycles. The van der Waals surface area contributed by atoms with Gasteiger partial charge in [-0.1, -0.05) is 0 Å². The lowest BCUT2D eigenvalue weighted by molar-refractivity contribution is 0.200. The molecule has 0 atom stereocenters. The lowest BCUT2D eigenvalue weighted by Gasteiger charge is -2.32. The Labute approximate surface area is 186 Å². The monoisotopic (exact) mass is 429 g/mol. The predicted molar refractivity (Wildman–Crippen MR) is 123 cm³/mol. The van der Waals surface area contributed by atoms with E-state index in [2.05, 4.69) is 55.4 Å². The Balaban J connectivity index is 1.23. The summed E-state index contributed by atoms with van der Waals surface area (Å²) in [7, 11) is 1.97. The number of nitrogens with zero attached hydrogens (tertiary/aromatic N) is 6. The van der Waals surface area contributed by atoms with E-state index in [-0.39, 0.29) is 5.60 Å². The number of aromatic amines is 1. The molecule has 4 heterocycles. The van der Waals surface area contributed by atoms with Gasteiger partial charge in [-0.3, -0.25) is 9.78 Å². The Morgan fingerprint density at radius 1 is 1.12 bits per heavy atom. The highest BCUT2D eigenvalue weighted by atomic mass is 16.5. The minimum atomic E-state index is -0.0123. The van der Waals surface area contributed by atoms with Gasteiger partial charge in [0.15, 0.2) is 0 Å². The smallest absolute Gasteiger partial charge is 0.132 e. The molecule has 8 nitrogen and oxygen atoms in total. The molecule has 1 saturated carbocycles. The minimum absolute atomic E-state index is 0.0123. The molecular weight excluding hydrogens is 402 g/mol. The first-order valence-electron chi connectivity index (χ1n) is 11.3. The van der Waals surface area contributed by atoms with Crippen LogP contribution in [0.25, 0.3) is 22.3 Å². The third-order valence-electron chi connectivity index (χ3n) is 6.76. The molecule has 0 spiro atoms. The van der Waals surface area contributed by atoms with Crippen molar-refractivity contribution in [2.75, 3.05) is 18.0 Å². The molecule has 8 heteroatoms. The van der Waals surface area contributed by atoms with Crippen LogP contribution < -0.4 is 9.64 Å². The highest BCUT2D eigenvalue weighted by Crippen LogP contribution is 2.40. The molecular formula is C24H27N7O. The van der Waals surface area contributed by atoms with Crippen LogP contribution in [-0.2, 0) is 7.05 Å². The van der Waals surface area contributed by atoms with Crippen molar-refractivity contribution >= 4 is 16.7 Å². The van der Waals surface area contributed by atoms with Crippen molar-refractivity contribution in [3.05, 3.63) is 48.5 Å². The summed E-state index contributed by atoms with van der Waals surface area (Å²) in [5, 5.41) is 13.0. The lowest BCUT2D eigenvalue weighted by atomic mass is 9.91. The standard InChI is InChI=1S/C24H27N7O/c1-24(7-8-24)32-18-3-4-20-19(11-18)23(29-28-20)21-12-22(26-15-25-21)31-9-5-16(6-10-31)17-13-27-30(2)14-17/h3-4,11-16H,5-10H2,1-2H3,(H,28,29). The predicted octanol–water partition coefficient (Wildman–Crippen LogP) is 4.07. The number of ether oxygens (including phenoxy) is 1. The van der Waals surface area contributed by atoms with Crippen LogP contribution in [0.15, 0.2) is 43.0 Å². The second kappa shape index (κ2) is 7.32. The lowest BCUT2D eigenvalue weighted by Crippen LogP contribution is -2.33. The first-order chi connectivity index (χ1) is 15.6. The summed E-state index contributed by atoms with van der Waals surface area (Å²) in [4.78, 5) is 11.4. The Morgan fingerprint density at radius 2 is 1.97 bits per heavy atom. The maximum absolute atomic E-state index is 6.16. The summed E-state index contributed by atoms with van der Waals surface area (Å²) < 4.78 is 8.04. The Hall–Kier alpha value is -3.42. The number of fused-ring (bicyclic) bond motifs is 1. The van der Waals surface area contributed by atoms with Crippen LogP contribution in [0.2, 0.25) is 0 Å². The van der Waals surface area contributed by atoms with Gasteiger partial charge in [0.25, 0.3) is 0 Å². The molecule has 2 fully saturated rings. The van der Waals surface area contributed by atoms with Crippen LogP contribution in [0.5, 0.6) is 5.75 Å².